The summed E-state index contributed by atoms with van der Waals surface area (Å²) in [6, 6.07) is 12.1. The molecule has 18 heavy (non-hydrogen) atoms. The maximum Gasteiger partial charge on any atom is 0.251 e. The molecule has 0 bridgehead atoms. The first-order valence-corrected chi connectivity index (χ1v) is 7.07. The van der Waals surface area contributed by atoms with Gasteiger partial charge in [-0.15, -0.1) is 11.3 Å². The Morgan fingerprint density at radius 3 is 2.56 bits per heavy atom. The van der Waals surface area contributed by atoms with Crippen molar-refractivity contribution in [2.24, 2.45) is 0 Å². The van der Waals surface area contributed by atoms with Crippen LogP contribution in [0.5, 0.6) is 0 Å². The van der Waals surface area contributed by atoms with Crippen molar-refractivity contribution in [3.05, 3.63) is 52.9 Å². The van der Waals surface area contributed by atoms with Crippen LogP contribution in [0.2, 0.25) is 0 Å². The highest BCUT2D eigenvalue weighted by atomic mass is 32.2. The fourth-order valence-electron chi connectivity index (χ4n) is 1.40. The van der Waals surface area contributed by atoms with Gasteiger partial charge in [-0.25, -0.2) is 0 Å². The standard InChI is InChI=1S/C12H11NO3S2/c14-12(9-4-2-1-3-5-9)13-8-10-6-7-11(17-10)18(15)16/h1-7H,8H2,(H,13,14)(H,15,16)/p-1. The van der Waals surface area contributed by atoms with Crippen molar-refractivity contribution in [2.45, 2.75) is 10.8 Å². The van der Waals surface area contributed by atoms with Crippen LogP contribution in [0.15, 0.2) is 46.7 Å². The van der Waals surface area contributed by atoms with E-state index in [-0.39, 0.29) is 10.1 Å². The molecule has 1 aromatic heterocycles. The number of nitrogens with one attached hydrogen (secondary N) is 1. The molecule has 0 saturated heterocycles. The van der Waals surface area contributed by atoms with Crippen molar-refractivity contribution in [1.29, 1.82) is 0 Å². The van der Waals surface area contributed by atoms with Gasteiger partial charge in [0.05, 0.1) is 10.8 Å². The molecule has 1 aromatic carbocycles. The van der Waals surface area contributed by atoms with Crippen LogP contribution < -0.4 is 5.32 Å². The van der Waals surface area contributed by atoms with E-state index in [2.05, 4.69) is 5.32 Å². The van der Waals surface area contributed by atoms with E-state index in [1.165, 1.54) is 6.07 Å². The summed E-state index contributed by atoms with van der Waals surface area (Å²) in [6.07, 6.45) is 0. The van der Waals surface area contributed by atoms with Gasteiger partial charge >= 0.3 is 0 Å². The average molecular weight is 280 g/mol. The van der Waals surface area contributed by atoms with Gasteiger partial charge in [0.1, 0.15) is 0 Å². The van der Waals surface area contributed by atoms with Gasteiger partial charge in [-0.05, 0) is 35.3 Å². The quantitative estimate of drug-likeness (QED) is 0.870. The molecule has 2 aromatic rings. The van der Waals surface area contributed by atoms with E-state index in [0.717, 1.165) is 16.2 Å². The van der Waals surface area contributed by atoms with Crippen LogP contribution >= 0.6 is 11.3 Å². The van der Waals surface area contributed by atoms with Crippen molar-refractivity contribution < 1.29 is 13.6 Å². The molecule has 1 atom stereocenters. The highest BCUT2D eigenvalue weighted by molar-refractivity contribution is 7.81. The van der Waals surface area contributed by atoms with Gasteiger partial charge in [-0.1, -0.05) is 18.2 Å². The normalized spacial score (nSPS) is 12.1. The van der Waals surface area contributed by atoms with E-state index in [9.17, 15) is 13.6 Å². The Morgan fingerprint density at radius 2 is 1.94 bits per heavy atom. The van der Waals surface area contributed by atoms with Crippen molar-refractivity contribution in [1.82, 2.24) is 5.32 Å². The maximum atomic E-state index is 11.7. The van der Waals surface area contributed by atoms with Crippen LogP contribution in [0.4, 0.5) is 0 Å². The molecule has 0 aliphatic heterocycles. The molecule has 0 spiro atoms. The van der Waals surface area contributed by atoms with Gasteiger partial charge in [0.2, 0.25) is 0 Å². The Morgan fingerprint density at radius 1 is 1.22 bits per heavy atom. The first-order chi connectivity index (χ1) is 8.66. The fraction of sp³-hybridized carbons (Fsp3) is 0.0833. The monoisotopic (exact) mass is 280 g/mol. The van der Waals surface area contributed by atoms with E-state index in [1.807, 2.05) is 6.07 Å². The summed E-state index contributed by atoms with van der Waals surface area (Å²) in [7, 11) is 0. The maximum absolute atomic E-state index is 11.7. The van der Waals surface area contributed by atoms with Crippen LogP contribution in [0.3, 0.4) is 0 Å². The molecule has 0 radical (unpaired) electrons. The van der Waals surface area contributed by atoms with Gasteiger partial charge < -0.3 is 9.87 Å². The molecule has 6 heteroatoms. The third kappa shape index (κ3) is 3.25. The zero-order chi connectivity index (χ0) is 13.0. The lowest BCUT2D eigenvalue weighted by atomic mass is 10.2. The molecule has 1 heterocycles. The summed E-state index contributed by atoms with van der Waals surface area (Å²) in [4.78, 5) is 12.5. The van der Waals surface area contributed by atoms with Crippen molar-refractivity contribution in [2.75, 3.05) is 0 Å². The third-order valence-corrected chi connectivity index (χ3v) is 4.26. The average Bonchev–Trinajstić information content (AvgIpc) is 2.86. The smallest absolute Gasteiger partial charge is 0.251 e. The Labute approximate surface area is 111 Å². The second-order valence-corrected chi connectivity index (χ2v) is 5.84. The largest absolute Gasteiger partial charge is 0.768 e. The van der Waals surface area contributed by atoms with Gasteiger partial charge in [-0.3, -0.25) is 9.00 Å². The summed E-state index contributed by atoms with van der Waals surface area (Å²) in [5.41, 5.74) is 0.585. The van der Waals surface area contributed by atoms with Gasteiger partial charge in [-0.2, -0.15) is 0 Å². The number of carbonyl (C=O) groups is 1. The molecule has 1 amide bonds. The van der Waals surface area contributed by atoms with Crippen molar-refractivity contribution >= 4 is 28.3 Å². The zero-order valence-corrected chi connectivity index (χ0v) is 10.9. The summed E-state index contributed by atoms with van der Waals surface area (Å²) < 4.78 is 21.7. The molecule has 1 unspecified atom stereocenters. The summed E-state index contributed by atoms with van der Waals surface area (Å²) >= 11 is -1.05. The van der Waals surface area contributed by atoms with Gasteiger partial charge in [0.25, 0.3) is 5.91 Å². The molecule has 0 aliphatic carbocycles. The predicted molar refractivity (Wildman–Crippen MR) is 69.1 cm³/mol. The molecule has 0 saturated carbocycles. The lowest BCUT2D eigenvalue weighted by Crippen LogP contribution is -2.22. The topological polar surface area (TPSA) is 69.2 Å². The summed E-state index contributed by atoms with van der Waals surface area (Å²) in [5, 5.41) is 2.74. The number of benzene rings is 1. The molecule has 4 nitrogen and oxygen atoms in total. The number of hydrogen-bond acceptors (Lipinski definition) is 4. The summed E-state index contributed by atoms with van der Waals surface area (Å²) in [6.45, 7) is 0.329. The SMILES string of the molecule is O=C(NCc1ccc(S(=O)[O-])s1)c1ccccc1. The molecule has 1 N–H and O–H groups in total. The van der Waals surface area contributed by atoms with Crippen LogP contribution in [0.1, 0.15) is 15.2 Å². The Bertz CT molecular complexity index is 566. The third-order valence-electron chi connectivity index (χ3n) is 2.26. The van der Waals surface area contributed by atoms with Crippen molar-refractivity contribution in [3.63, 3.8) is 0 Å². The first kappa shape index (κ1) is 12.9. The van der Waals surface area contributed by atoms with Crippen LogP contribution in [-0.2, 0) is 17.6 Å². The van der Waals surface area contributed by atoms with E-state index in [4.69, 9.17) is 0 Å². The number of hydrogen-bond donors (Lipinski definition) is 1. The number of amides is 1. The lowest BCUT2D eigenvalue weighted by Gasteiger charge is -2.03. The molecular formula is C12H10NO3S2-. The second kappa shape index (κ2) is 5.90. The van der Waals surface area contributed by atoms with E-state index in [0.29, 0.717) is 12.1 Å². The van der Waals surface area contributed by atoms with Gasteiger partial charge in [0.15, 0.2) is 0 Å². The number of carbonyl (C=O) groups excluding carboxylic acids is 1. The van der Waals surface area contributed by atoms with E-state index in [1.54, 1.807) is 30.3 Å². The zero-order valence-electron chi connectivity index (χ0n) is 9.29. The first-order valence-electron chi connectivity index (χ1n) is 5.18. The molecule has 0 fully saturated rings. The van der Waals surface area contributed by atoms with Crippen molar-refractivity contribution in [3.8, 4) is 0 Å². The highest BCUT2D eigenvalue weighted by Crippen LogP contribution is 2.18. The molecule has 0 aliphatic rings. The second-order valence-electron chi connectivity index (χ2n) is 3.50. The highest BCUT2D eigenvalue weighted by Gasteiger charge is 2.05. The number of rotatable bonds is 4. The van der Waals surface area contributed by atoms with Gasteiger partial charge in [0, 0.05) is 10.4 Å². The Balaban J connectivity index is 1.95. The van der Waals surface area contributed by atoms with E-state index < -0.39 is 11.1 Å². The van der Waals surface area contributed by atoms with Crippen LogP contribution in [0.25, 0.3) is 0 Å². The van der Waals surface area contributed by atoms with E-state index >= 15 is 0 Å². The minimum absolute atomic E-state index is 0.172. The molecular weight excluding hydrogens is 270 g/mol. The van der Waals surface area contributed by atoms with Crippen LogP contribution in [0, 0.1) is 0 Å². The minimum atomic E-state index is -2.20. The van der Waals surface area contributed by atoms with Crippen LogP contribution in [-0.4, -0.2) is 14.7 Å². The minimum Gasteiger partial charge on any atom is -0.768 e. The predicted octanol–water partition coefficient (Wildman–Crippen LogP) is 1.92. The fourth-order valence-corrected chi connectivity index (χ4v) is 2.85. The molecule has 94 valence electrons. The number of thiophene rings is 1. The molecule has 2 rings (SSSR count). The lowest BCUT2D eigenvalue weighted by molar-refractivity contribution is 0.0951. The Hall–Kier alpha value is -1.50. The Kier molecular flexibility index (Phi) is 4.24. The summed E-state index contributed by atoms with van der Waals surface area (Å²) in [5.74, 6) is -0.172.